The standard InChI is InChI=1S/C19H22O5/c1-12(20)9-10-16-13(2)15-8-6-5-7-14(15)11-19(16,17(21)23-3)18(22)24-4/h5-8,16H,2,9-11H2,1,3-4H3. The van der Waals surface area contributed by atoms with Gasteiger partial charge in [0, 0.05) is 18.8 Å². The minimum Gasteiger partial charge on any atom is -0.468 e. The number of benzene rings is 1. The summed E-state index contributed by atoms with van der Waals surface area (Å²) < 4.78 is 9.90. The van der Waals surface area contributed by atoms with Crippen LogP contribution in [0.25, 0.3) is 5.57 Å². The molecule has 0 aromatic heterocycles. The van der Waals surface area contributed by atoms with Crippen LogP contribution in [-0.4, -0.2) is 31.9 Å². The quantitative estimate of drug-likeness (QED) is 0.613. The molecule has 0 bridgehead atoms. The van der Waals surface area contributed by atoms with E-state index in [1.165, 1.54) is 21.1 Å². The molecule has 24 heavy (non-hydrogen) atoms. The first-order valence-corrected chi connectivity index (χ1v) is 7.81. The number of methoxy groups -OCH3 is 2. The fourth-order valence-corrected chi connectivity index (χ4v) is 3.54. The second-order valence-corrected chi connectivity index (χ2v) is 6.11. The monoisotopic (exact) mass is 330 g/mol. The van der Waals surface area contributed by atoms with E-state index in [0.29, 0.717) is 12.0 Å². The number of ketones is 1. The highest BCUT2D eigenvalue weighted by Gasteiger charge is 2.57. The van der Waals surface area contributed by atoms with Crippen molar-refractivity contribution >= 4 is 23.3 Å². The smallest absolute Gasteiger partial charge is 0.324 e. The lowest BCUT2D eigenvalue weighted by atomic mass is 9.61. The SMILES string of the molecule is C=C1c2ccccc2CC(C(=O)OC)(C(=O)OC)C1CCC(C)=O. The molecule has 0 radical (unpaired) electrons. The van der Waals surface area contributed by atoms with Crippen LogP contribution >= 0.6 is 0 Å². The molecular formula is C19H22O5. The first kappa shape index (κ1) is 17.9. The number of rotatable bonds is 5. The number of carbonyl (C=O) groups is 3. The first-order valence-electron chi connectivity index (χ1n) is 7.81. The molecule has 0 fully saturated rings. The lowest BCUT2D eigenvalue weighted by molar-refractivity contribution is -0.172. The van der Waals surface area contributed by atoms with Gasteiger partial charge in [-0.05, 0) is 30.0 Å². The highest BCUT2D eigenvalue weighted by atomic mass is 16.5. The molecule has 0 saturated carbocycles. The van der Waals surface area contributed by atoms with Crippen LogP contribution in [0.3, 0.4) is 0 Å². The molecule has 2 rings (SSSR count). The van der Waals surface area contributed by atoms with E-state index in [9.17, 15) is 14.4 Å². The Kier molecular flexibility index (Phi) is 5.22. The third-order valence-corrected chi connectivity index (χ3v) is 4.73. The molecule has 0 amide bonds. The molecule has 1 unspecified atom stereocenters. The van der Waals surface area contributed by atoms with Crippen molar-refractivity contribution in [1.29, 1.82) is 0 Å². The maximum absolute atomic E-state index is 12.7. The van der Waals surface area contributed by atoms with Gasteiger partial charge in [-0.15, -0.1) is 0 Å². The van der Waals surface area contributed by atoms with E-state index >= 15 is 0 Å². The van der Waals surface area contributed by atoms with Crippen LogP contribution < -0.4 is 0 Å². The maximum atomic E-state index is 12.7. The molecule has 5 heteroatoms. The van der Waals surface area contributed by atoms with Crippen molar-refractivity contribution in [3.8, 4) is 0 Å². The summed E-state index contributed by atoms with van der Waals surface area (Å²) in [7, 11) is 2.50. The highest BCUT2D eigenvalue weighted by Crippen LogP contribution is 2.49. The van der Waals surface area contributed by atoms with Crippen LogP contribution in [0.2, 0.25) is 0 Å². The number of carbonyl (C=O) groups excluding carboxylic acids is 3. The summed E-state index contributed by atoms with van der Waals surface area (Å²) in [5.41, 5.74) is 0.908. The molecular weight excluding hydrogens is 308 g/mol. The fourth-order valence-electron chi connectivity index (χ4n) is 3.54. The zero-order chi connectivity index (χ0) is 17.9. The van der Waals surface area contributed by atoms with Crippen molar-refractivity contribution in [2.75, 3.05) is 14.2 Å². The summed E-state index contributed by atoms with van der Waals surface area (Å²) in [6.45, 7) is 5.60. The summed E-state index contributed by atoms with van der Waals surface area (Å²) in [5.74, 6) is -1.86. The minimum absolute atomic E-state index is 0.00899. The fraction of sp³-hybridized carbons (Fsp3) is 0.421. The van der Waals surface area contributed by atoms with Crippen molar-refractivity contribution in [2.24, 2.45) is 11.3 Å². The van der Waals surface area contributed by atoms with Gasteiger partial charge in [0.1, 0.15) is 5.78 Å². The van der Waals surface area contributed by atoms with Gasteiger partial charge >= 0.3 is 11.9 Å². The van der Waals surface area contributed by atoms with Gasteiger partial charge < -0.3 is 14.3 Å². The van der Waals surface area contributed by atoms with Gasteiger partial charge in [-0.2, -0.15) is 0 Å². The summed E-state index contributed by atoms with van der Waals surface area (Å²) >= 11 is 0. The van der Waals surface area contributed by atoms with Crippen molar-refractivity contribution < 1.29 is 23.9 Å². The lowest BCUT2D eigenvalue weighted by Gasteiger charge is -2.41. The number of allylic oxidation sites excluding steroid dienone is 1. The largest absolute Gasteiger partial charge is 0.468 e. The summed E-state index contributed by atoms with van der Waals surface area (Å²) in [4.78, 5) is 36.8. The molecule has 0 spiro atoms. The molecule has 0 saturated heterocycles. The maximum Gasteiger partial charge on any atom is 0.324 e. The van der Waals surface area contributed by atoms with Crippen LogP contribution in [0.1, 0.15) is 30.9 Å². The topological polar surface area (TPSA) is 69.7 Å². The van der Waals surface area contributed by atoms with Gasteiger partial charge in [-0.3, -0.25) is 9.59 Å². The Labute approximate surface area is 141 Å². The number of fused-ring (bicyclic) bond motifs is 1. The van der Waals surface area contributed by atoms with Crippen LogP contribution in [-0.2, 0) is 30.3 Å². The third-order valence-electron chi connectivity index (χ3n) is 4.73. The molecule has 1 aromatic rings. The van der Waals surface area contributed by atoms with E-state index in [1.807, 2.05) is 24.3 Å². The Bertz CT molecular complexity index is 673. The molecule has 1 atom stereocenters. The van der Waals surface area contributed by atoms with Crippen LogP contribution in [0, 0.1) is 11.3 Å². The zero-order valence-corrected chi connectivity index (χ0v) is 14.3. The molecule has 5 nitrogen and oxygen atoms in total. The van der Waals surface area contributed by atoms with E-state index in [0.717, 1.165) is 11.1 Å². The van der Waals surface area contributed by atoms with Gasteiger partial charge in [0.25, 0.3) is 0 Å². The summed E-state index contributed by atoms with van der Waals surface area (Å²) in [5, 5.41) is 0. The van der Waals surface area contributed by atoms with Gasteiger partial charge in [-0.1, -0.05) is 30.8 Å². The molecule has 0 aliphatic heterocycles. The predicted octanol–water partition coefficient (Wildman–Crippen LogP) is 2.57. The van der Waals surface area contributed by atoms with Gasteiger partial charge in [0.2, 0.25) is 0 Å². The number of Topliss-reactive ketones (excluding diaryl/α,β-unsaturated/α-hetero) is 1. The van der Waals surface area contributed by atoms with Crippen LogP contribution in [0.5, 0.6) is 0 Å². The zero-order valence-electron chi connectivity index (χ0n) is 14.3. The number of ether oxygens (including phenoxy) is 2. The average Bonchev–Trinajstić information content (AvgIpc) is 2.58. The Morgan fingerprint density at radius 1 is 1.17 bits per heavy atom. The summed E-state index contributed by atoms with van der Waals surface area (Å²) in [6, 6.07) is 7.51. The van der Waals surface area contributed by atoms with Crippen molar-refractivity contribution in [3.05, 3.63) is 42.0 Å². The van der Waals surface area contributed by atoms with Gasteiger partial charge in [-0.25, -0.2) is 0 Å². The van der Waals surface area contributed by atoms with E-state index in [1.54, 1.807) is 0 Å². The molecule has 1 aliphatic carbocycles. The van der Waals surface area contributed by atoms with E-state index < -0.39 is 23.3 Å². The van der Waals surface area contributed by atoms with Crippen molar-refractivity contribution in [2.45, 2.75) is 26.2 Å². The minimum atomic E-state index is -1.51. The second kappa shape index (κ2) is 6.99. The predicted molar refractivity (Wildman–Crippen MR) is 89.1 cm³/mol. The molecule has 128 valence electrons. The normalized spacial score (nSPS) is 18.5. The Hall–Kier alpha value is -2.43. The van der Waals surface area contributed by atoms with Gasteiger partial charge in [0.15, 0.2) is 5.41 Å². The average molecular weight is 330 g/mol. The van der Waals surface area contributed by atoms with Crippen molar-refractivity contribution in [1.82, 2.24) is 0 Å². The third kappa shape index (κ3) is 2.86. The Morgan fingerprint density at radius 3 is 2.29 bits per heavy atom. The highest BCUT2D eigenvalue weighted by molar-refractivity contribution is 6.04. The number of esters is 2. The molecule has 1 aromatic carbocycles. The van der Waals surface area contributed by atoms with E-state index in [4.69, 9.17) is 9.47 Å². The molecule has 1 aliphatic rings. The van der Waals surface area contributed by atoms with Crippen molar-refractivity contribution in [3.63, 3.8) is 0 Å². The second-order valence-electron chi connectivity index (χ2n) is 6.11. The number of hydrogen-bond donors (Lipinski definition) is 0. The van der Waals surface area contributed by atoms with E-state index in [-0.39, 0.29) is 18.6 Å². The van der Waals surface area contributed by atoms with Crippen LogP contribution in [0.4, 0.5) is 0 Å². The van der Waals surface area contributed by atoms with Crippen LogP contribution in [0.15, 0.2) is 30.8 Å². The summed E-state index contributed by atoms with van der Waals surface area (Å²) in [6.07, 6.45) is 0.762. The first-order chi connectivity index (χ1) is 11.4. The number of hydrogen-bond acceptors (Lipinski definition) is 5. The lowest BCUT2D eigenvalue weighted by Crippen LogP contribution is -2.51. The Morgan fingerprint density at radius 2 is 1.75 bits per heavy atom. The Balaban J connectivity index is 2.62. The van der Waals surface area contributed by atoms with Gasteiger partial charge in [0.05, 0.1) is 14.2 Å². The molecule has 0 heterocycles. The molecule has 0 N–H and O–H groups in total. The van der Waals surface area contributed by atoms with E-state index in [2.05, 4.69) is 6.58 Å².